The van der Waals surface area contributed by atoms with Gasteiger partial charge in [-0.05, 0) is 117 Å². The molecule has 1 aromatic heterocycles. The van der Waals surface area contributed by atoms with Gasteiger partial charge in [-0.3, -0.25) is 9.78 Å². The Bertz CT molecular complexity index is 1430. The fourth-order valence-electron chi connectivity index (χ4n) is 8.86. The normalized spacial score (nSPS) is 30.5. The topological polar surface area (TPSA) is 33.2 Å². The van der Waals surface area contributed by atoms with Crippen molar-refractivity contribution in [3.8, 4) is 0 Å². The summed E-state index contributed by atoms with van der Waals surface area (Å²) in [6, 6.07) is 14.4. The van der Waals surface area contributed by atoms with E-state index in [0.29, 0.717) is 22.8 Å². The summed E-state index contributed by atoms with van der Waals surface area (Å²) >= 11 is 14.6. The molecular formula is C33H32Cl2N2O. The highest BCUT2D eigenvalue weighted by atomic mass is 35.5. The highest BCUT2D eigenvalue weighted by Crippen LogP contribution is 2.58. The zero-order valence-electron chi connectivity index (χ0n) is 21.5. The van der Waals surface area contributed by atoms with Crippen LogP contribution in [0.4, 0.5) is 17.1 Å². The second-order valence-electron chi connectivity index (χ2n) is 12.5. The molecule has 3 saturated carbocycles. The van der Waals surface area contributed by atoms with E-state index in [1.165, 1.54) is 43.4 Å². The van der Waals surface area contributed by atoms with Gasteiger partial charge in [0.15, 0.2) is 5.78 Å². The highest BCUT2D eigenvalue weighted by Gasteiger charge is 2.44. The molecule has 6 bridgehead atoms. The van der Waals surface area contributed by atoms with E-state index in [1.54, 1.807) is 0 Å². The van der Waals surface area contributed by atoms with E-state index in [-0.39, 0.29) is 11.7 Å². The summed E-state index contributed by atoms with van der Waals surface area (Å²) in [5.74, 6) is 3.46. The van der Waals surface area contributed by atoms with Gasteiger partial charge in [0.2, 0.25) is 0 Å². The lowest BCUT2D eigenvalue weighted by molar-refractivity contribution is 0.0898. The molecule has 0 aliphatic heterocycles. The Hall–Kier alpha value is -2.36. The lowest BCUT2D eigenvalue weighted by Crippen LogP contribution is -2.25. The molecule has 38 heavy (non-hydrogen) atoms. The molecule has 3 nitrogen and oxygen atoms in total. The molecule has 5 heteroatoms. The van der Waals surface area contributed by atoms with Crippen LogP contribution in [-0.4, -0.2) is 10.8 Å². The van der Waals surface area contributed by atoms with Crippen molar-refractivity contribution >= 4 is 46.0 Å². The Morgan fingerprint density at radius 1 is 0.763 bits per heavy atom. The molecule has 0 spiro atoms. The first-order valence-corrected chi connectivity index (χ1v) is 15.2. The van der Waals surface area contributed by atoms with Gasteiger partial charge in [-0.25, -0.2) is 0 Å². The zero-order chi connectivity index (χ0) is 25.5. The number of benzene rings is 2. The van der Waals surface area contributed by atoms with Crippen LogP contribution in [0.15, 0.2) is 48.7 Å². The van der Waals surface area contributed by atoms with E-state index in [0.717, 1.165) is 70.7 Å². The third kappa shape index (κ3) is 3.54. The molecule has 194 valence electrons. The average Bonchev–Trinajstić information content (AvgIpc) is 3.24. The number of hydrogen-bond acceptors (Lipinski definition) is 3. The molecule has 10 rings (SSSR count). The summed E-state index contributed by atoms with van der Waals surface area (Å²) in [7, 11) is 0. The summed E-state index contributed by atoms with van der Waals surface area (Å²) in [5.41, 5.74) is 7.15. The van der Waals surface area contributed by atoms with Gasteiger partial charge in [-0.1, -0.05) is 41.4 Å². The number of para-hydroxylation sites is 1. The first kappa shape index (κ1) is 23.5. The van der Waals surface area contributed by atoms with E-state index in [1.807, 2.05) is 24.4 Å². The third-order valence-electron chi connectivity index (χ3n) is 10.4. The summed E-state index contributed by atoms with van der Waals surface area (Å²) in [6.45, 7) is 0. The fourth-order valence-corrected chi connectivity index (χ4v) is 9.50. The predicted molar refractivity (Wildman–Crippen MR) is 154 cm³/mol. The molecule has 1 heterocycles. The van der Waals surface area contributed by atoms with Crippen LogP contribution in [0.25, 0.3) is 0 Å². The van der Waals surface area contributed by atoms with Gasteiger partial charge in [-0.15, -0.1) is 0 Å². The number of hydrogen-bond donors (Lipinski definition) is 0. The van der Waals surface area contributed by atoms with Gasteiger partial charge in [0, 0.05) is 28.8 Å². The zero-order valence-corrected chi connectivity index (χ0v) is 23.0. The van der Waals surface area contributed by atoms with E-state index in [2.05, 4.69) is 29.2 Å². The lowest BCUT2D eigenvalue weighted by atomic mass is 9.67. The van der Waals surface area contributed by atoms with Crippen molar-refractivity contribution in [3.63, 3.8) is 0 Å². The van der Waals surface area contributed by atoms with Crippen molar-refractivity contribution in [3.05, 3.63) is 81.1 Å². The van der Waals surface area contributed by atoms with E-state index in [4.69, 9.17) is 28.2 Å². The number of Topliss-reactive ketones (excluding diaryl/α,β-unsaturated/α-hetero) is 1. The van der Waals surface area contributed by atoms with Gasteiger partial charge in [-0.2, -0.15) is 0 Å². The smallest absolute Gasteiger partial charge is 0.166 e. The van der Waals surface area contributed by atoms with Crippen LogP contribution in [0.1, 0.15) is 103 Å². The standard InChI is InChI=1S/C33H32Cl2N2O/c34-27-15-25-20-6-8-21(9-7-20)33(38)26(25)16-28(27)37(24-4-2-1-3-5-24)29-17-36-32-23-13-18-10-19(14-23)12-22(11-18)30(32)31(29)35/h1-5,15-23H,6-14H2. The molecule has 0 saturated heterocycles. The van der Waals surface area contributed by atoms with Crippen LogP contribution >= 0.6 is 23.2 Å². The fraction of sp³-hybridized carbons (Fsp3) is 0.455. The Kier molecular flexibility index (Phi) is 5.46. The molecule has 2 atom stereocenters. The van der Waals surface area contributed by atoms with Crippen LogP contribution in [0.3, 0.4) is 0 Å². The van der Waals surface area contributed by atoms with Crippen molar-refractivity contribution in [2.24, 2.45) is 17.8 Å². The second-order valence-corrected chi connectivity index (χ2v) is 13.3. The average molecular weight is 544 g/mol. The van der Waals surface area contributed by atoms with Crippen molar-refractivity contribution in [2.75, 3.05) is 4.90 Å². The predicted octanol–water partition coefficient (Wildman–Crippen LogP) is 9.72. The van der Waals surface area contributed by atoms with Gasteiger partial charge in [0.1, 0.15) is 0 Å². The van der Waals surface area contributed by atoms with Gasteiger partial charge in [0.05, 0.1) is 27.6 Å². The minimum Gasteiger partial charge on any atom is -0.306 e. The Balaban J connectivity index is 1.32. The number of rotatable bonds is 3. The van der Waals surface area contributed by atoms with E-state index >= 15 is 0 Å². The van der Waals surface area contributed by atoms with Gasteiger partial charge in [0.25, 0.3) is 0 Å². The first-order valence-electron chi connectivity index (χ1n) is 14.5. The number of ketones is 1. The summed E-state index contributed by atoms with van der Waals surface area (Å²) in [6.07, 6.45) is 12.4. The number of carbonyl (C=O) groups excluding carboxylic acids is 1. The number of pyridine rings is 1. The SMILES string of the molecule is O=C1c2cc(N(c3ccccc3)c3cnc4c(c3Cl)C3CC5CC(CC4C5)C3)c(Cl)cc2C2CCC1CC2. The third-order valence-corrected chi connectivity index (χ3v) is 11.1. The van der Waals surface area contributed by atoms with Gasteiger partial charge < -0.3 is 4.90 Å². The molecule has 2 aromatic carbocycles. The first-order chi connectivity index (χ1) is 18.5. The Labute approximate surface area is 234 Å². The largest absolute Gasteiger partial charge is 0.306 e. The summed E-state index contributed by atoms with van der Waals surface area (Å²) in [5, 5.41) is 1.48. The maximum atomic E-state index is 13.6. The Morgan fingerprint density at radius 3 is 2.18 bits per heavy atom. The van der Waals surface area contributed by atoms with Crippen LogP contribution in [0.2, 0.25) is 10.0 Å². The molecule has 0 N–H and O–H groups in total. The van der Waals surface area contributed by atoms with Gasteiger partial charge >= 0.3 is 0 Å². The van der Waals surface area contributed by atoms with Crippen molar-refractivity contribution in [2.45, 2.75) is 75.5 Å². The molecule has 2 unspecified atom stereocenters. The molecule has 0 radical (unpaired) electrons. The summed E-state index contributed by atoms with van der Waals surface area (Å²) < 4.78 is 0. The molecule has 7 aliphatic carbocycles. The van der Waals surface area contributed by atoms with Crippen LogP contribution < -0.4 is 4.90 Å². The number of fused-ring (bicyclic) bond motifs is 2. The summed E-state index contributed by atoms with van der Waals surface area (Å²) in [4.78, 5) is 20.9. The lowest BCUT2D eigenvalue weighted by Gasteiger charge is -2.38. The van der Waals surface area contributed by atoms with Crippen molar-refractivity contribution in [1.29, 1.82) is 0 Å². The Morgan fingerprint density at radius 2 is 1.45 bits per heavy atom. The number of anilines is 3. The van der Waals surface area contributed by atoms with Crippen molar-refractivity contribution in [1.82, 2.24) is 4.98 Å². The number of halogens is 2. The van der Waals surface area contributed by atoms with Crippen LogP contribution in [0, 0.1) is 17.8 Å². The number of nitrogens with zero attached hydrogens (tertiary/aromatic N) is 2. The monoisotopic (exact) mass is 542 g/mol. The molecule has 3 fully saturated rings. The van der Waals surface area contributed by atoms with E-state index in [9.17, 15) is 4.79 Å². The molecule has 7 aliphatic rings. The molecule has 0 amide bonds. The number of carbonyl (C=O) groups is 1. The van der Waals surface area contributed by atoms with E-state index < -0.39 is 0 Å². The minimum absolute atomic E-state index is 0.134. The molecule has 3 aromatic rings. The highest BCUT2D eigenvalue weighted by molar-refractivity contribution is 6.36. The van der Waals surface area contributed by atoms with Crippen molar-refractivity contribution < 1.29 is 4.79 Å². The molecular weight excluding hydrogens is 511 g/mol. The number of aromatic nitrogens is 1. The second kappa shape index (κ2) is 8.83. The van der Waals surface area contributed by atoms with Crippen LogP contribution in [-0.2, 0) is 0 Å². The maximum absolute atomic E-state index is 13.6. The van der Waals surface area contributed by atoms with Crippen LogP contribution in [0.5, 0.6) is 0 Å². The quantitative estimate of drug-likeness (QED) is 0.330. The minimum atomic E-state index is 0.134. The maximum Gasteiger partial charge on any atom is 0.166 e.